The molecule has 8 heteroatoms. The van der Waals surface area contributed by atoms with E-state index in [1.54, 1.807) is 10.9 Å². The van der Waals surface area contributed by atoms with E-state index in [1.165, 1.54) is 17.3 Å². The van der Waals surface area contributed by atoms with Crippen molar-refractivity contribution in [3.8, 4) is 0 Å². The lowest BCUT2D eigenvalue weighted by Crippen LogP contribution is -2.25. The molecule has 0 aliphatic heterocycles. The van der Waals surface area contributed by atoms with Crippen LogP contribution in [-0.4, -0.2) is 35.7 Å². The van der Waals surface area contributed by atoms with Crippen LogP contribution in [0, 0.1) is 0 Å². The van der Waals surface area contributed by atoms with Gasteiger partial charge < -0.3 is 9.88 Å². The molecule has 1 aliphatic rings. The highest BCUT2D eigenvalue weighted by Gasteiger charge is 2.31. The summed E-state index contributed by atoms with van der Waals surface area (Å²) in [6, 6.07) is 12.3. The molecule has 0 saturated heterocycles. The molecule has 2 aromatic heterocycles. The summed E-state index contributed by atoms with van der Waals surface area (Å²) in [5, 5.41) is 16.6. The minimum absolute atomic E-state index is 0.0698. The number of hydrogen-bond donors (Lipinski definition) is 1. The third kappa shape index (κ3) is 4.53. The summed E-state index contributed by atoms with van der Waals surface area (Å²) in [5.74, 6) is 2.16. The van der Waals surface area contributed by atoms with Crippen molar-refractivity contribution in [2.45, 2.75) is 62.5 Å². The van der Waals surface area contributed by atoms with Crippen molar-refractivity contribution >= 4 is 23.5 Å². The lowest BCUT2D eigenvalue weighted by Gasteiger charge is -2.15. The van der Waals surface area contributed by atoms with Gasteiger partial charge in [-0.2, -0.15) is 5.10 Å². The summed E-state index contributed by atoms with van der Waals surface area (Å²) in [5.41, 5.74) is 1.20. The van der Waals surface area contributed by atoms with E-state index in [-0.39, 0.29) is 17.2 Å². The number of nitrogens with one attached hydrogen (secondary N) is 1. The van der Waals surface area contributed by atoms with Crippen LogP contribution in [0.3, 0.4) is 0 Å². The standard InChI is InChI=1S/C21H26N6OS/c1-14(2)27-18(11-12-22-27)23-20(28)15(3)29-21-25-24-19(17-9-10-17)26(21)13-16-7-5-4-6-8-16/h4-8,11-12,14-15,17H,9-10,13H2,1-3H3,(H,23,28). The van der Waals surface area contributed by atoms with E-state index in [0.29, 0.717) is 11.7 Å². The van der Waals surface area contributed by atoms with E-state index in [2.05, 4.69) is 37.3 Å². The molecule has 0 bridgehead atoms. The predicted molar refractivity (Wildman–Crippen MR) is 114 cm³/mol. The molecule has 1 unspecified atom stereocenters. The van der Waals surface area contributed by atoms with Crippen LogP contribution >= 0.6 is 11.8 Å². The van der Waals surface area contributed by atoms with Gasteiger partial charge in [-0.05, 0) is 39.2 Å². The lowest BCUT2D eigenvalue weighted by molar-refractivity contribution is -0.115. The van der Waals surface area contributed by atoms with Gasteiger partial charge in [0.15, 0.2) is 5.16 Å². The van der Waals surface area contributed by atoms with Crippen LogP contribution < -0.4 is 5.32 Å². The van der Waals surface area contributed by atoms with Gasteiger partial charge in [0.25, 0.3) is 0 Å². The zero-order valence-corrected chi connectivity index (χ0v) is 17.8. The molecule has 1 aliphatic carbocycles. The van der Waals surface area contributed by atoms with Crippen molar-refractivity contribution in [3.63, 3.8) is 0 Å². The van der Waals surface area contributed by atoms with Gasteiger partial charge in [0.05, 0.1) is 18.0 Å². The number of thioether (sulfide) groups is 1. The average molecular weight is 411 g/mol. The molecule has 1 saturated carbocycles. The molecular formula is C21H26N6OS. The molecule has 152 valence electrons. The van der Waals surface area contributed by atoms with Gasteiger partial charge in [0.2, 0.25) is 5.91 Å². The fourth-order valence-electron chi connectivity index (χ4n) is 3.21. The van der Waals surface area contributed by atoms with Crippen LogP contribution in [-0.2, 0) is 11.3 Å². The Balaban J connectivity index is 1.49. The van der Waals surface area contributed by atoms with E-state index >= 15 is 0 Å². The Labute approximate surface area is 174 Å². The van der Waals surface area contributed by atoms with E-state index in [1.807, 2.05) is 45.0 Å². The summed E-state index contributed by atoms with van der Waals surface area (Å²) >= 11 is 1.45. The Morgan fingerprint density at radius 3 is 2.62 bits per heavy atom. The maximum absolute atomic E-state index is 12.8. The Morgan fingerprint density at radius 2 is 1.93 bits per heavy atom. The summed E-state index contributed by atoms with van der Waals surface area (Å²) < 4.78 is 3.97. The van der Waals surface area contributed by atoms with Crippen LogP contribution in [0.2, 0.25) is 0 Å². The number of anilines is 1. The van der Waals surface area contributed by atoms with Crippen molar-refractivity contribution in [3.05, 3.63) is 54.0 Å². The van der Waals surface area contributed by atoms with Crippen molar-refractivity contribution in [1.29, 1.82) is 0 Å². The number of benzene rings is 1. The molecule has 7 nitrogen and oxygen atoms in total. The quantitative estimate of drug-likeness (QED) is 0.566. The number of nitrogens with zero attached hydrogens (tertiary/aromatic N) is 5. The van der Waals surface area contributed by atoms with Gasteiger partial charge in [0, 0.05) is 18.0 Å². The minimum atomic E-state index is -0.309. The van der Waals surface area contributed by atoms with Crippen LogP contribution in [0.15, 0.2) is 47.8 Å². The lowest BCUT2D eigenvalue weighted by atomic mass is 10.2. The summed E-state index contributed by atoms with van der Waals surface area (Å²) in [6.45, 7) is 6.68. The van der Waals surface area contributed by atoms with Crippen molar-refractivity contribution < 1.29 is 4.79 Å². The Morgan fingerprint density at radius 1 is 1.17 bits per heavy atom. The van der Waals surface area contributed by atoms with E-state index in [4.69, 9.17) is 0 Å². The van der Waals surface area contributed by atoms with Gasteiger partial charge in [0.1, 0.15) is 11.6 Å². The maximum Gasteiger partial charge on any atom is 0.238 e. The fraction of sp³-hybridized carbons (Fsp3) is 0.429. The summed E-state index contributed by atoms with van der Waals surface area (Å²) in [6.07, 6.45) is 4.02. The number of carbonyl (C=O) groups excluding carboxylic acids is 1. The fourth-order valence-corrected chi connectivity index (χ4v) is 4.07. The normalized spacial score (nSPS) is 14.9. The van der Waals surface area contributed by atoms with Gasteiger partial charge in [-0.15, -0.1) is 10.2 Å². The SMILES string of the molecule is CC(Sc1nnc(C2CC2)n1Cc1ccccc1)C(=O)Nc1ccnn1C(C)C. The summed E-state index contributed by atoms with van der Waals surface area (Å²) in [4.78, 5) is 12.8. The number of hydrogen-bond acceptors (Lipinski definition) is 5. The highest BCUT2D eigenvalue weighted by molar-refractivity contribution is 8.00. The molecule has 2 heterocycles. The molecule has 0 spiro atoms. The zero-order valence-electron chi connectivity index (χ0n) is 16.9. The Bertz CT molecular complexity index is 976. The molecule has 1 N–H and O–H groups in total. The number of carbonyl (C=O) groups is 1. The second kappa shape index (κ2) is 8.41. The third-order valence-electron chi connectivity index (χ3n) is 4.93. The summed E-state index contributed by atoms with van der Waals surface area (Å²) in [7, 11) is 0. The second-order valence-electron chi connectivity index (χ2n) is 7.69. The monoisotopic (exact) mass is 410 g/mol. The second-order valence-corrected chi connectivity index (χ2v) is 9.00. The van der Waals surface area contributed by atoms with Gasteiger partial charge in [-0.3, -0.25) is 4.79 Å². The Hall–Kier alpha value is -2.61. The molecule has 1 fully saturated rings. The van der Waals surface area contributed by atoms with Crippen LogP contribution in [0.25, 0.3) is 0 Å². The largest absolute Gasteiger partial charge is 0.310 e. The van der Waals surface area contributed by atoms with Crippen molar-refractivity contribution in [2.24, 2.45) is 0 Å². The third-order valence-corrected chi connectivity index (χ3v) is 6.01. The highest BCUT2D eigenvalue weighted by Crippen LogP contribution is 2.40. The van der Waals surface area contributed by atoms with Crippen LogP contribution in [0.1, 0.15) is 57.0 Å². The molecule has 1 aromatic carbocycles. The molecule has 3 aromatic rings. The first-order valence-corrected chi connectivity index (χ1v) is 10.9. The first-order chi connectivity index (χ1) is 14.0. The molecule has 29 heavy (non-hydrogen) atoms. The van der Waals surface area contributed by atoms with Crippen LogP contribution in [0.4, 0.5) is 5.82 Å². The Kier molecular flexibility index (Phi) is 5.71. The molecule has 1 atom stereocenters. The van der Waals surface area contributed by atoms with E-state index in [9.17, 15) is 4.79 Å². The van der Waals surface area contributed by atoms with Gasteiger partial charge in [-0.1, -0.05) is 42.1 Å². The van der Waals surface area contributed by atoms with Gasteiger partial charge in [-0.25, -0.2) is 4.68 Å². The maximum atomic E-state index is 12.8. The minimum Gasteiger partial charge on any atom is -0.310 e. The smallest absolute Gasteiger partial charge is 0.238 e. The number of amides is 1. The first-order valence-electron chi connectivity index (χ1n) is 10.0. The van der Waals surface area contributed by atoms with E-state index in [0.717, 1.165) is 30.4 Å². The number of aromatic nitrogens is 5. The van der Waals surface area contributed by atoms with Crippen molar-refractivity contribution in [2.75, 3.05) is 5.32 Å². The molecule has 1 amide bonds. The van der Waals surface area contributed by atoms with Gasteiger partial charge >= 0.3 is 0 Å². The molecule has 0 radical (unpaired) electrons. The molecule has 4 rings (SSSR count). The topological polar surface area (TPSA) is 77.6 Å². The highest BCUT2D eigenvalue weighted by atomic mass is 32.2. The van der Waals surface area contributed by atoms with Crippen LogP contribution in [0.5, 0.6) is 0 Å². The van der Waals surface area contributed by atoms with E-state index < -0.39 is 0 Å². The molecular weight excluding hydrogens is 384 g/mol. The zero-order chi connectivity index (χ0) is 20.4. The first kappa shape index (κ1) is 19.7. The average Bonchev–Trinajstić information content (AvgIpc) is 3.32. The van der Waals surface area contributed by atoms with Crippen molar-refractivity contribution in [1.82, 2.24) is 24.5 Å². The predicted octanol–water partition coefficient (Wildman–Crippen LogP) is 4.10. The number of rotatable bonds is 8.